The lowest BCUT2D eigenvalue weighted by Gasteiger charge is -2.26. The van der Waals surface area contributed by atoms with Crippen LogP contribution in [-0.2, 0) is 0 Å². The minimum absolute atomic E-state index is 0.0596. The van der Waals surface area contributed by atoms with Crippen LogP contribution >= 0.6 is 0 Å². The number of anilines is 1. The molecule has 0 spiro atoms. The van der Waals surface area contributed by atoms with E-state index in [0.29, 0.717) is 42.7 Å². The number of benzene rings is 2. The van der Waals surface area contributed by atoms with E-state index in [1.54, 1.807) is 18.2 Å². The molecule has 8 heteroatoms. The summed E-state index contributed by atoms with van der Waals surface area (Å²) in [5.74, 6) is 1.59. The second-order valence-electron chi connectivity index (χ2n) is 6.20. The molecule has 3 amide bonds. The van der Waals surface area contributed by atoms with E-state index in [2.05, 4.69) is 21.9 Å². The molecule has 2 aromatic rings. The summed E-state index contributed by atoms with van der Waals surface area (Å²) >= 11 is 0. The van der Waals surface area contributed by atoms with Gasteiger partial charge in [0.25, 0.3) is 11.8 Å². The molecule has 0 fully saturated rings. The van der Waals surface area contributed by atoms with Crippen LogP contribution in [-0.4, -0.2) is 60.6 Å². The van der Waals surface area contributed by atoms with E-state index >= 15 is 0 Å². The first-order valence-electron chi connectivity index (χ1n) is 8.81. The van der Waals surface area contributed by atoms with Gasteiger partial charge in [0, 0.05) is 53.8 Å². The predicted molar refractivity (Wildman–Crippen MR) is 106 cm³/mol. The molecule has 0 radical (unpaired) electrons. The molecule has 28 heavy (non-hydrogen) atoms. The zero-order chi connectivity index (χ0) is 20.1. The van der Waals surface area contributed by atoms with Crippen LogP contribution in [0.25, 0.3) is 10.8 Å². The minimum Gasteiger partial charge on any atom is -0.465 e. The Hall–Kier alpha value is -3.57. The van der Waals surface area contributed by atoms with E-state index < -0.39 is 6.09 Å². The molecule has 144 valence electrons. The molecule has 1 aliphatic rings. The van der Waals surface area contributed by atoms with Gasteiger partial charge in [-0.3, -0.25) is 14.5 Å². The van der Waals surface area contributed by atoms with Crippen LogP contribution in [0.2, 0.25) is 0 Å². The van der Waals surface area contributed by atoms with E-state index in [0.717, 1.165) is 16.0 Å². The lowest BCUT2D eigenvalue weighted by molar-refractivity contribution is 0.0632. The topological polar surface area (TPSA) is 111 Å². The maximum Gasteiger partial charge on any atom is 0.404 e. The van der Waals surface area contributed by atoms with Gasteiger partial charge in [-0.1, -0.05) is 18.1 Å². The van der Waals surface area contributed by atoms with Crippen molar-refractivity contribution < 1.29 is 19.5 Å². The standard InChI is InChI=1S/C20H20N4O4/c1-2-12-24-18(25)14-5-3-4-13-16(7-6-15(17(13)14)19(24)26)22-10-8-21-9-11-23-20(27)28/h1,3-7,21-23H,8-12H2,(H,27,28). The highest BCUT2D eigenvalue weighted by atomic mass is 16.4. The molecule has 0 aromatic heterocycles. The summed E-state index contributed by atoms with van der Waals surface area (Å²) in [6.45, 7) is 2.01. The van der Waals surface area contributed by atoms with Gasteiger partial charge < -0.3 is 21.1 Å². The quantitative estimate of drug-likeness (QED) is 0.312. The molecule has 2 aromatic carbocycles. The number of carbonyl (C=O) groups excluding carboxylic acids is 2. The van der Waals surface area contributed by atoms with E-state index in [1.807, 2.05) is 12.1 Å². The van der Waals surface area contributed by atoms with E-state index in [4.69, 9.17) is 11.5 Å². The number of carboxylic acid groups (broad SMARTS) is 1. The average Bonchev–Trinajstić information content (AvgIpc) is 2.68. The molecule has 0 atom stereocenters. The number of hydrogen-bond donors (Lipinski definition) is 4. The molecule has 0 saturated carbocycles. The number of terminal acetylenes is 1. The number of amides is 3. The van der Waals surface area contributed by atoms with Crippen LogP contribution in [0.1, 0.15) is 20.7 Å². The average molecular weight is 380 g/mol. The monoisotopic (exact) mass is 380 g/mol. The SMILES string of the molecule is C#CCN1C(=O)c2cccc3c(NCCNCCNC(=O)O)ccc(c23)C1=O. The number of carbonyl (C=O) groups is 3. The number of nitrogens with zero attached hydrogens (tertiary/aromatic N) is 1. The van der Waals surface area contributed by atoms with Crippen molar-refractivity contribution in [3.63, 3.8) is 0 Å². The molecule has 0 unspecified atom stereocenters. The molecule has 8 nitrogen and oxygen atoms in total. The first kappa shape index (κ1) is 19.2. The van der Waals surface area contributed by atoms with Gasteiger partial charge in [-0.25, -0.2) is 4.79 Å². The van der Waals surface area contributed by atoms with E-state index in [9.17, 15) is 14.4 Å². The van der Waals surface area contributed by atoms with Gasteiger partial charge in [-0.05, 0) is 18.2 Å². The van der Waals surface area contributed by atoms with Gasteiger partial charge in [0.1, 0.15) is 0 Å². The van der Waals surface area contributed by atoms with Crippen LogP contribution < -0.4 is 16.0 Å². The molecule has 3 rings (SSSR count). The Morgan fingerprint density at radius 3 is 2.46 bits per heavy atom. The van der Waals surface area contributed by atoms with Gasteiger partial charge in [0.05, 0.1) is 6.54 Å². The Balaban J connectivity index is 1.74. The van der Waals surface area contributed by atoms with Crippen molar-refractivity contribution in [1.82, 2.24) is 15.5 Å². The minimum atomic E-state index is -1.05. The molecular formula is C20H20N4O4. The lowest BCUT2D eigenvalue weighted by Crippen LogP contribution is -2.40. The van der Waals surface area contributed by atoms with Crippen molar-refractivity contribution in [2.24, 2.45) is 0 Å². The third-order valence-electron chi connectivity index (χ3n) is 4.44. The van der Waals surface area contributed by atoms with Crippen molar-refractivity contribution in [1.29, 1.82) is 0 Å². The van der Waals surface area contributed by atoms with Crippen molar-refractivity contribution in [2.45, 2.75) is 0 Å². The first-order valence-corrected chi connectivity index (χ1v) is 8.81. The summed E-state index contributed by atoms with van der Waals surface area (Å²) in [6, 6.07) is 8.87. The fraction of sp³-hybridized carbons (Fsp3) is 0.250. The Morgan fingerprint density at radius 1 is 1.04 bits per heavy atom. The summed E-state index contributed by atoms with van der Waals surface area (Å²) in [6.07, 6.45) is 4.25. The van der Waals surface area contributed by atoms with E-state index in [1.165, 1.54) is 0 Å². The van der Waals surface area contributed by atoms with Gasteiger partial charge in [-0.15, -0.1) is 6.42 Å². The smallest absolute Gasteiger partial charge is 0.404 e. The van der Waals surface area contributed by atoms with Crippen LogP contribution in [0.4, 0.5) is 10.5 Å². The normalized spacial score (nSPS) is 12.8. The second-order valence-corrected chi connectivity index (χ2v) is 6.20. The van der Waals surface area contributed by atoms with Crippen LogP contribution in [0.15, 0.2) is 30.3 Å². The molecule has 0 bridgehead atoms. The lowest BCUT2D eigenvalue weighted by atomic mass is 9.93. The largest absolute Gasteiger partial charge is 0.465 e. The molecule has 0 aliphatic carbocycles. The molecule has 1 aliphatic heterocycles. The molecule has 4 N–H and O–H groups in total. The summed E-state index contributed by atoms with van der Waals surface area (Å²) in [5, 5.41) is 18.6. The van der Waals surface area contributed by atoms with Crippen LogP contribution in [0, 0.1) is 12.3 Å². The fourth-order valence-corrected chi connectivity index (χ4v) is 3.20. The highest BCUT2D eigenvalue weighted by Gasteiger charge is 2.32. The zero-order valence-corrected chi connectivity index (χ0v) is 15.1. The molecule has 1 heterocycles. The number of rotatable bonds is 8. The molecule has 0 saturated heterocycles. The number of nitrogens with one attached hydrogen (secondary N) is 3. The summed E-state index contributed by atoms with van der Waals surface area (Å²) in [4.78, 5) is 36.8. The van der Waals surface area contributed by atoms with Crippen LogP contribution in [0.3, 0.4) is 0 Å². The second kappa shape index (κ2) is 8.41. The van der Waals surface area contributed by atoms with Crippen molar-refractivity contribution in [2.75, 3.05) is 38.0 Å². The summed E-state index contributed by atoms with van der Waals surface area (Å²) in [5.41, 5.74) is 1.74. The van der Waals surface area contributed by atoms with Gasteiger partial charge in [-0.2, -0.15) is 0 Å². The first-order chi connectivity index (χ1) is 13.5. The highest BCUT2D eigenvalue weighted by molar-refractivity contribution is 6.26. The Bertz CT molecular complexity index is 958. The Kier molecular flexibility index (Phi) is 5.77. The third-order valence-corrected chi connectivity index (χ3v) is 4.44. The third kappa shape index (κ3) is 3.75. The highest BCUT2D eigenvalue weighted by Crippen LogP contribution is 2.34. The zero-order valence-electron chi connectivity index (χ0n) is 15.1. The van der Waals surface area contributed by atoms with Gasteiger partial charge >= 0.3 is 6.09 Å². The predicted octanol–water partition coefficient (Wildman–Crippen LogP) is 1.34. The summed E-state index contributed by atoms with van der Waals surface area (Å²) < 4.78 is 0. The maximum atomic E-state index is 12.7. The molecular weight excluding hydrogens is 360 g/mol. The maximum absolute atomic E-state index is 12.7. The van der Waals surface area contributed by atoms with E-state index in [-0.39, 0.29) is 18.4 Å². The number of imide groups is 1. The van der Waals surface area contributed by atoms with Crippen molar-refractivity contribution in [3.8, 4) is 12.3 Å². The number of hydrogen-bond acceptors (Lipinski definition) is 5. The van der Waals surface area contributed by atoms with Crippen LogP contribution in [0.5, 0.6) is 0 Å². The Labute approximate surface area is 161 Å². The van der Waals surface area contributed by atoms with Gasteiger partial charge in [0.2, 0.25) is 0 Å². The summed E-state index contributed by atoms with van der Waals surface area (Å²) in [7, 11) is 0. The van der Waals surface area contributed by atoms with Crippen molar-refractivity contribution in [3.05, 3.63) is 41.5 Å². The van der Waals surface area contributed by atoms with Gasteiger partial charge in [0.15, 0.2) is 0 Å². The Morgan fingerprint density at radius 2 is 1.75 bits per heavy atom. The van der Waals surface area contributed by atoms with Crippen molar-refractivity contribution >= 4 is 34.4 Å². The fourth-order valence-electron chi connectivity index (χ4n) is 3.20.